The first-order valence-electron chi connectivity index (χ1n) is 7.99. The highest BCUT2D eigenvalue weighted by Gasteiger charge is 2.21. The van der Waals surface area contributed by atoms with Crippen molar-refractivity contribution in [3.8, 4) is 0 Å². The van der Waals surface area contributed by atoms with Gasteiger partial charge in [0.1, 0.15) is 11.6 Å². The molecule has 0 saturated heterocycles. The Labute approximate surface area is 157 Å². The van der Waals surface area contributed by atoms with E-state index in [1.807, 2.05) is 0 Å². The Morgan fingerprint density at radius 1 is 0.889 bits per heavy atom. The second kappa shape index (κ2) is 6.85. The van der Waals surface area contributed by atoms with Crippen molar-refractivity contribution in [1.82, 2.24) is 0 Å². The van der Waals surface area contributed by atoms with Crippen LogP contribution in [0.2, 0.25) is 0 Å². The van der Waals surface area contributed by atoms with Crippen molar-refractivity contribution in [2.75, 3.05) is 10.6 Å². The van der Waals surface area contributed by atoms with Gasteiger partial charge >= 0.3 is 0 Å². The van der Waals surface area contributed by atoms with Crippen LogP contribution in [0.3, 0.4) is 0 Å². The lowest BCUT2D eigenvalue weighted by Gasteiger charge is -2.10. The summed E-state index contributed by atoms with van der Waals surface area (Å²) in [5.74, 6) is -1.72. The van der Waals surface area contributed by atoms with Gasteiger partial charge in [-0.15, -0.1) is 0 Å². The second-order valence-electron chi connectivity index (χ2n) is 5.87. The highest BCUT2D eigenvalue weighted by molar-refractivity contribution is 7.99. The monoisotopic (exact) mass is 382 g/mol. The first kappa shape index (κ1) is 17.2. The number of hydrogen-bond acceptors (Lipinski definition) is 3. The predicted molar refractivity (Wildman–Crippen MR) is 99.3 cm³/mol. The van der Waals surface area contributed by atoms with Crippen molar-refractivity contribution in [3.63, 3.8) is 0 Å². The molecule has 0 atom stereocenters. The summed E-state index contributed by atoms with van der Waals surface area (Å²) in [5, 5.41) is 5.39. The van der Waals surface area contributed by atoms with Crippen LogP contribution in [0.5, 0.6) is 0 Å². The van der Waals surface area contributed by atoms with Crippen molar-refractivity contribution in [1.29, 1.82) is 0 Å². The van der Waals surface area contributed by atoms with Crippen LogP contribution in [0.25, 0.3) is 0 Å². The Bertz CT molecular complexity index is 1070. The van der Waals surface area contributed by atoms with E-state index in [0.717, 1.165) is 4.90 Å². The molecule has 3 aromatic carbocycles. The predicted octanol–water partition coefficient (Wildman–Crippen LogP) is 4.93. The number of fused-ring (bicyclic) bond motifs is 2. The summed E-state index contributed by atoms with van der Waals surface area (Å²) in [7, 11) is 0. The lowest BCUT2D eigenvalue weighted by molar-refractivity contribution is 0.101. The third-order valence-electron chi connectivity index (χ3n) is 4.00. The van der Waals surface area contributed by atoms with Crippen molar-refractivity contribution in [2.45, 2.75) is 9.79 Å². The van der Waals surface area contributed by atoms with Gasteiger partial charge in [-0.05, 0) is 60.7 Å². The van der Waals surface area contributed by atoms with Crippen molar-refractivity contribution < 1.29 is 18.4 Å². The molecule has 7 heteroatoms. The third kappa shape index (κ3) is 3.54. The summed E-state index contributed by atoms with van der Waals surface area (Å²) in [6, 6.07) is 14.4. The smallest absolute Gasteiger partial charge is 0.256 e. The maximum absolute atomic E-state index is 13.5. The Morgan fingerprint density at radius 3 is 2.37 bits per heavy atom. The number of carbonyl (C=O) groups excluding carboxylic acids is 2. The molecular weight excluding hydrogens is 370 g/mol. The van der Waals surface area contributed by atoms with E-state index in [4.69, 9.17) is 0 Å². The summed E-state index contributed by atoms with van der Waals surface area (Å²) < 4.78 is 26.4. The van der Waals surface area contributed by atoms with Crippen LogP contribution in [-0.2, 0) is 0 Å². The topological polar surface area (TPSA) is 58.2 Å². The minimum absolute atomic E-state index is 0.244. The number of rotatable bonds is 2. The van der Waals surface area contributed by atoms with Crippen LogP contribution >= 0.6 is 11.8 Å². The number of halogens is 2. The molecule has 1 aliphatic rings. The Hall–Kier alpha value is -3.19. The van der Waals surface area contributed by atoms with Crippen molar-refractivity contribution in [3.05, 3.63) is 83.4 Å². The summed E-state index contributed by atoms with van der Waals surface area (Å²) in [6.07, 6.45) is 0. The quantitative estimate of drug-likeness (QED) is 0.660. The van der Waals surface area contributed by atoms with Gasteiger partial charge in [0.05, 0.1) is 11.3 Å². The first-order chi connectivity index (χ1) is 13.0. The number of nitrogens with one attached hydrogen (secondary N) is 2. The maximum atomic E-state index is 13.5. The van der Waals surface area contributed by atoms with E-state index in [1.54, 1.807) is 24.3 Å². The number of hydrogen-bond donors (Lipinski definition) is 2. The molecule has 0 unspecified atom stereocenters. The van der Waals surface area contributed by atoms with Crippen molar-refractivity contribution in [2.24, 2.45) is 0 Å². The number of carbonyl (C=O) groups is 2. The molecule has 0 saturated carbocycles. The lowest BCUT2D eigenvalue weighted by Crippen LogP contribution is -2.14. The molecule has 0 radical (unpaired) electrons. The molecule has 27 heavy (non-hydrogen) atoms. The van der Waals surface area contributed by atoms with Gasteiger partial charge in [-0.3, -0.25) is 9.59 Å². The van der Waals surface area contributed by atoms with E-state index < -0.39 is 23.4 Å². The molecule has 2 N–H and O–H groups in total. The zero-order chi connectivity index (χ0) is 19.0. The van der Waals surface area contributed by atoms with E-state index in [2.05, 4.69) is 10.6 Å². The van der Waals surface area contributed by atoms with Gasteiger partial charge in [-0.1, -0.05) is 11.8 Å². The Kier molecular flexibility index (Phi) is 4.37. The van der Waals surface area contributed by atoms with Crippen LogP contribution in [0.15, 0.2) is 70.5 Å². The zero-order valence-electron chi connectivity index (χ0n) is 13.8. The summed E-state index contributed by atoms with van der Waals surface area (Å²) in [6.45, 7) is 0. The van der Waals surface area contributed by atoms with Crippen LogP contribution in [-0.4, -0.2) is 11.8 Å². The average molecular weight is 382 g/mol. The molecule has 1 heterocycles. The number of benzene rings is 3. The zero-order valence-corrected chi connectivity index (χ0v) is 14.6. The molecule has 0 spiro atoms. The summed E-state index contributed by atoms with van der Waals surface area (Å²) in [4.78, 5) is 26.2. The fourth-order valence-electron chi connectivity index (χ4n) is 2.67. The minimum Gasteiger partial charge on any atom is -0.322 e. The molecule has 1 aliphatic heterocycles. The molecule has 0 bridgehead atoms. The van der Waals surface area contributed by atoms with Gasteiger partial charge in [-0.25, -0.2) is 8.78 Å². The highest BCUT2D eigenvalue weighted by atomic mass is 32.2. The van der Waals surface area contributed by atoms with E-state index in [-0.39, 0.29) is 5.56 Å². The number of anilines is 2. The van der Waals surface area contributed by atoms with Gasteiger partial charge in [0.15, 0.2) is 0 Å². The molecule has 0 aromatic heterocycles. The molecule has 0 aliphatic carbocycles. The van der Waals surface area contributed by atoms with E-state index >= 15 is 0 Å². The Balaban J connectivity index is 1.62. The number of amides is 2. The van der Waals surface area contributed by atoms with Gasteiger partial charge in [0.25, 0.3) is 11.8 Å². The fourth-order valence-corrected chi connectivity index (χ4v) is 3.66. The van der Waals surface area contributed by atoms with E-state index in [9.17, 15) is 18.4 Å². The summed E-state index contributed by atoms with van der Waals surface area (Å²) in [5.41, 5.74) is 1.50. The molecule has 3 aromatic rings. The largest absolute Gasteiger partial charge is 0.322 e. The molecule has 134 valence electrons. The molecular formula is C20H12F2N2O2S. The molecule has 2 amide bonds. The van der Waals surface area contributed by atoms with E-state index in [0.29, 0.717) is 21.8 Å². The normalized spacial score (nSPS) is 12.4. The standard InChI is InChI=1S/C20H12F2N2O2S/c21-12-2-5-14(6-3-12)23-19(25)11-1-7-18-16(9-11)24-20(26)15-10-13(22)4-8-17(15)27-18/h1-10H,(H,23,25)(H,24,26). The Morgan fingerprint density at radius 2 is 1.59 bits per heavy atom. The van der Waals surface area contributed by atoms with Crippen LogP contribution in [0.1, 0.15) is 20.7 Å². The van der Waals surface area contributed by atoms with Gasteiger partial charge in [-0.2, -0.15) is 0 Å². The molecule has 4 rings (SSSR count). The van der Waals surface area contributed by atoms with Gasteiger partial charge in [0.2, 0.25) is 0 Å². The molecule has 0 fully saturated rings. The van der Waals surface area contributed by atoms with Crippen molar-refractivity contribution >= 4 is 35.0 Å². The summed E-state index contributed by atoms with van der Waals surface area (Å²) >= 11 is 1.32. The van der Waals surface area contributed by atoms with Crippen LogP contribution in [0, 0.1) is 11.6 Å². The average Bonchev–Trinajstić information content (AvgIpc) is 2.79. The lowest BCUT2D eigenvalue weighted by atomic mass is 10.1. The van der Waals surface area contributed by atoms with Crippen LogP contribution < -0.4 is 10.6 Å². The van der Waals surface area contributed by atoms with Crippen LogP contribution in [0.4, 0.5) is 20.2 Å². The van der Waals surface area contributed by atoms with E-state index in [1.165, 1.54) is 48.2 Å². The van der Waals surface area contributed by atoms with Gasteiger partial charge in [0, 0.05) is 21.0 Å². The fraction of sp³-hybridized carbons (Fsp3) is 0. The first-order valence-corrected chi connectivity index (χ1v) is 8.81. The second-order valence-corrected chi connectivity index (χ2v) is 6.95. The highest BCUT2D eigenvalue weighted by Crippen LogP contribution is 2.39. The third-order valence-corrected chi connectivity index (χ3v) is 5.15. The maximum Gasteiger partial charge on any atom is 0.256 e. The molecule has 4 nitrogen and oxygen atoms in total. The van der Waals surface area contributed by atoms with Gasteiger partial charge < -0.3 is 10.6 Å². The SMILES string of the molecule is O=C(Nc1ccc(F)cc1)c1ccc2c(c1)NC(=O)c1cc(F)ccc1S2. The minimum atomic E-state index is -0.491.